The average molecular weight is 617 g/mol. The van der Waals surface area contributed by atoms with Crippen molar-refractivity contribution in [3.8, 4) is 0 Å². The van der Waals surface area contributed by atoms with Gasteiger partial charge in [0.2, 0.25) is 21.8 Å². The standard InChI is InChI=1S/C24H27Cl3F3N3O4S/c1-14(22(35)31-23(2,3)4)32(12-15-6-8-17(25)19(27)10-15)21(34)13-33(38(5,36)37)20-11-16(24(28,29)30)7-9-18(20)26/h6-11,14H,12-13H2,1-5H3,(H,31,35). The molecule has 7 nitrogen and oxygen atoms in total. The summed E-state index contributed by atoms with van der Waals surface area (Å²) in [4.78, 5) is 27.6. The number of anilines is 1. The van der Waals surface area contributed by atoms with Crippen molar-refractivity contribution in [1.82, 2.24) is 10.2 Å². The normalized spacial score (nSPS) is 13.1. The first kappa shape index (κ1) is 32.0. The summed E-state index contributed by atoms with van der Waals surface area (Å²) in [6.07, 6.45) is -4.05. The maximum absolute atomic E-state index is 13.5. The number of hydrogen-bond acceptors (Lipinski definition) is 4. The lowest BCUT2D eigenvalue weighted by atomic mass is 10.1. The van der Waals surface area contributed by atoms with E-state index in [1.54, 1.807) is 26.8 Å². The Balaban J connectivity index is 2.54. The fourth-order valence-electron chi connectivity index (χ4n) is 3.37. The third-order valence-corrected chi connectivity index (χ3v) is 7.41. The molecule has 0 radical (unpaired) electrons. The Labute approximate surface area is 234 Å². The summed E-state index contributed by atoms with van der Waals surface area (Å²) >= 11 is 18.1. The van der Waals surface area contributed by atoms with Crippen LogP contribution in [0.1, 0.15) is 38.8 Å². The fraction of sp³-hybridized carbons (Fsp3) is 0.417. The van der Waals surface area contributed by atoms with E-state index >= 15 is 0 Å². The Morgan fingerprint density at radius 1 is 0.974 bits per heavy atom. The van der Waals surface area contributed by atoms with E-state index in [1.807, 2.05) is 0 Å². The van der Waals surface area contributed by atoms with Crippen LogP contribution in [0.3, 0.4) is 0 Å². The second-order valence-corrected chi connectivity index (χ2v) is 12.7. The molecule has 1 N–H and O–H groups in total. The van der Waals surface area contributed by atoms with Gasteiger partial charge in [-0.25, -0.2) is 8.42 Å². The average Bonchev–Trinajstić information content (AvgIpc) is 2.75. The van der Waals surface area contributed by atoms with Gasteiger partial charge in [-0.1, -0.05) is 40.9 Å². The van der Waals surface area contributed by atoms with E-state index in [0.717, 1.165) is 17.2 Å². The highest BCUT2D eigenvalue weighted by Crippen LogP contribution is 2.36. The minimum atomic E-state index is -4.79. The zero-order valence-electron chi connectivity index (χ0n) is 21.2. The third kappa shape index (κ3) is 8.65. The minimum Gasteiger partial charge on any atom is -0.350 e. The summed E-state index contributed by atoms with van der Waals surface area (Å²) in [6, 6.07) is 5.59. The Bertz CT molecular complexity index is 1320. The van der Waals surface area contributed by atoms with Crippen molar-refractivity contribution >= 4 is 62.3 Å². The van der Waals surface area contributed by atoms with E-state index in [4.69, 9.17) is 34.8 Å². The third-order valence-electron chi connectivity index (χ3n) is 5.22. The van der Waals surface area contributed by atoms with Crippen LogP contribution in [0.2, 0.25) is 15.1 Å². The van der Waals surface area contributed by atoms with Gasteiger partial charge in [0.05, 0.1) is 32.6 Å². The lowest BCUT2D eigenvalue weighted by Gasteiger charge is -2.33. The van der Waals surface area contributed by atoms with Crippen LogP contribution in [0.5, 0.6) is 0 Å². The van der Waals surface area contributed by atoms with Gasteiger partial charge in [-0.05, 0) is 63.6 Å². The summed E-state index contributed by atoms with van der Waals surface area (Å²) in [5.74, 6) is -1.40. The zero-order chi connectivity index (χ0) is 29.2. The molecular weight excluding hydrogens is 590 g/mol. The molecule has 38 heavy (non-hydrogen) atoms. The molecule has 0 aromatic heterocycles. The monoisotopic (exact) mass is 615 g/mol. The Hall–Kier alpha value is -2.21. The van der Waals surface area contributed by atoms with E-state index in [9.17, 15) is 31.2 Å². The molecule has 1 unspecified atom stereocenters. The number of hydrogen-bond donors (Lipinski definition) is 1. The summed E-state index contributed by atoms with van der Waals surface area (Å²) < 4.78 is 65.8. The zero-order valence-corrected chi connectivity index (χ0v) is 24.2. The van der Waals surface area contributed by atoms with Gasteiger partial charge < -0.3 is 10.2 Å². The van der Waals surface area contributed by atoms with Crippen LogP contribution in [-0.2, 0) is 32.3 Å². The molecule has 0 bridgehead atoms. The molecule has 2 aromatic rings. The molecule has 14 heteroatoms. The first-order chi connectivity index (χ1) is 17.2. The van der Waals surface area contributed by atoms with E-state index in [1.165, 1.54) is 19.1 Å². The number of halogens is 6. The summed E-state index contributed by atoms with van der Waals surface area (Å²) in [6.45, 7) is 5.56. The highest BCUT2D eigenvalue weighted by molar-refractivity contribution is 7.92. The van der Waals surface area contributed by atoms with Crippen LogP contribution in [0.15, 0.2) is 36.4 Å². The predicted octanol–water partition coefficient (Wildman–Crippen LogP) is 5.76. The SMILES string of the molecule is CC(C(=O)NC(C)(C)C)N(Cc1ccc(Cl)c(Cl)c1)C(=O)CN(c1cc(C(F)(F)F)ccc1Cl)S(C)(=O)=O. The van der Waals surface area contributed by atoms with E-state index < -0.39 is 57.4 Å². The van der Waals surface area contributed by atoms with Crippen molar-refractivity contribution in [2.24, 2.45) is 0 Å². The second-order valence-electron chi connectivity index (χ2n) is 9.62. The van der Waals surface area contributed by atoms with Crippen LogP contribution < -0.4 is 9.62 Å². The maximum Gasteiger partial charge on any atom is 0.416 e. The van der Waals surface area contributed by atoms with Gasteiger partial charge in [0, 0.05) is 12.1 Å². The number of nitrogens with one attached hydrogen (secondary N) is 1. The Kier molecular flexibility index (Phi) is 10.0. The van der Waals surface area contributed by atoms with Crippen molar-refractivity contribution < 1.29 is 31.2 Å². The number of alkyl halides is 3. The van der Waals surface area contributed by atoms with Gasteiger partial charge in [-0.2, -0.15) is 13.2 Å². The molecule has 0 aliphatic carbocycles. The van der Waals surface area contributed by atoms with Crippen LogP contribution >= 0.6 is 34.8 Å². The number of carbonyl (C=O) groups is 2. The quantitative estimate of drug-likeness (QED) is 0.409. The van der Waals surface area contributed by atoms with Gasteiger partial charge in [0.25, 0.3) is 0 Å². The molecule has 0 aliphatic rings. The molecule has 0 heterocycles. The number of nitrogens with zero attached hydrogens (tertiary/aromatic N) is 2. The Morgan fingerprint density at radius 2 is 1.55 bits per heavy atom. The van der Waals surface area contributed by atoms with E-state index in [0.29, 0.717) is 22.0 Å². The van der Waals surface area contributed by atoms with Crippen molar-refractivity contribution in [3.05, 3.63) is 62.6 Å². The molecular formula is C24H27Cl3F3N3O4S. The molecule has 2 aromatic carbocycles. The number of benzene rings is 2. The molecule has 2 amide bonds. The van der Waals surface area contributed by atoms with Crippen LogP contribution in [0.25, 0.3) is 0 Å². The highest BCUT2D eigenvalue weighted by atomic mass is 35.5. The molecule has 0 fully saturated rings. The number of carbonyl (C=O) groups excluding carboxylic acids is 2. The number of rotatable bonds is 8. The summed E-state index contributed by atoms with van der Waals surface area (Å²) in [5.41, 5.74) is -1.85. The van der Waals surface area contributed by atoms with E-state index in [2.05, 4.69) is 5.32 Å². The Morgan fingerprint density at radius 3 is 2.05 bits per heavy atom. The minimum absolute atomic E-state index is 0.178. The topological polar surface area (TPSA) is 86.8 Å². The molecule has 0 aliphatic heterocycles. The first-order valence-corrected chi connectivity index (χ1v) is 14.1. The number of amides is 2. The lowest BCUT2D eigenvalue weighted by Crippen LogP contribution is -2.54. The van der Waals surface area contributed by atoms with Crippen LogP contribution in [0.4, 0.5) is 18.9 Å². The van der Waals surface area contributed by atoms with Crippen molar-refractivity contribution in [1.29, 1.82) is 0 Å². The summed E-state index contributed by atoms with van der Waals surface area (Å²) in [7, 11) is -4.30. The molecule has 0 saturated heterocycles. The fourth-order valence-corrected chi connectivity index (χ4v) is 4.81. The molecule has 0 spiro atoms. The molecule has 2 rings (SSSR count). The molecule has 0 saturated carbocycles. The predicted molar refractivity (Wildman–Crippen MR) is 143 cm³/mol. The van der Waals surface area contributed by atoms with E-state index in [-0.39, 0.29) is 21.6 Å². The van der Waals surface area contributed by atoms with Gasteiger partial charge in [-0.3, -0.25) is 13.9 Å². The van der Waals surface area contributed by atoms with Crippen LogP contribution in [-0.4, -0.2) is 49.5 Å². The second kappa shape index (κ2) is 11.9. The van der Waals surface area contributed by atoms with Gasteiger partial charge in [-0.15, -0.1) is 0 Å². The van der Waals surface area contributed by atoms with Crippen molar-refractivity contribution in [3.63, 3.8) is 0 Å². The van der Waals surface area contributed by atoms with Gasteiger partial charge in [0.1, 0.15) is 12.6 Å². The van der Waals surface area contributed by atoms with Crippen molar-refractivity contribution in [2.75, 3.05) is 17.1 Å². The van der Waals surface area contributed by atoms with Gasteiger partial charge in [0.15, 0.2) is 0 Å². The summed E-state index contributed by atoms with van der Waals surface area (Å²) in [5, 5.41) is 2.89. The maximum atomic E-state index is 13.5. The van der Waals surface area contributed by atoms with Crippen LogP contribution in [0, 0.1) is 0 Å². The first-order valence-electron chi connectivity index (χ1n) is 11.1. The van der Waals surface area contributed by atoms with Gasteiger partial charge >= 0.3 is 6.18 Å². The highest BCUT2D eigenvalue weighted by Gasteiger charge is 2.35. The lowest BCUT2D eigenvalue weighted by molar-refractivity contribution is -0.140. The smallest absolute Gasteiger partial charge is 0.350 e. The largest absolute Gasteiger partial charge is 0.416 e. The molecule has 1 atom stereocenters. The van der Waals surface area contributed by atoms with Crippen molar-refractivity contribution in [2.45, 2.75) is 52.0 Å². The number of sulfonamides is 1. The molecule has 210 valence electrons.